The van der Waals surface area contributed by atoms with Crippen LogP contribution in [0.3, 0.4) is 0 Å². The molecule has 2 aromatic carbocycles. The third-order valence-corrected chi connectivity index (χ3v) is 4.34. The number of amidine groups is 1. The molecular weight excluding hydrogens is 401 g/mol. The highest BCUT2D eigenvalue weighted by Gasteiger charge is 2.15. The van der Waals surface area contributed by atoms with Gasteiger partial charge in [-0.25, -0.2) is 4.39 Å². The first-order valence-corrected chi connectivity index (χ1v) is 7.76. The number of halogens is 3. The smallest absolute Gasteiger partial charge is 0.161 e. The number of anilines is 1. The molecule has 0 saturated carbocycles. The van der Waals surface area contributed by atoms with Gasteiger partial charge in [-0.3, -0.25) is 5.41 Å². The minimum atomic E-state index is -0.416. The maximum absolute atomic E-state index is 14.4. The summed E-state index contributed by atoms with van der Waals surface area (Å²) in [5, 5.41) is 7.42. The average Bonchev–Trinajstić information content (AvgIpc) is 2.41. The van der Waals surface area contributed by atoms with Gasteiger partial charge in [0.15, 0.2) is 5.82 Å². The molecule has 0 aliphatic heterocycles. The maximum Gasteiger partial charge on any atom is 0.161 e. The van der Waals surface area contributed by atoms with Crippen LogP contribution >= 0.6 is 31.9 Å². The third kappa shape index (κ3) is 3.63. The molecular formula is C15H14Br2FN3. The van der Waals surface area contributed by atoms with E-state index in [-0.39, 0.29) is 10.3 Å². The van der Waals surface area contributed by atoms with Crippen molar-refractivity contribution in [2.24, 2.45) is 5.73 Å². The largest absolute Gasteiger partial charge is 0.384 e. The van der Waals surface area contributed by atoms with Gasteiger partial charge < -0.3 is 10.6 Å². The van der Waals surface area contributed by atoms with E-state index in [2.05, 4.69) is 31.9 Å². The molecule has 2 rings (SSSR count). The molecule has 0 aromatic heterocycles. The van der Waals surface area contributed by atoms with Crippen molar-refractivity contribution in [1.29, 1.82) is 5.41 Å². The van der Waals surface area contributed by atoms with Gasteiger partial charge in [0.1, 0.15) is 5.84 Å². The molecule has 3 N–H and O–H groups in total. The maximum atomic E-state index is 14.4. The van der Waals surface area contributed by atoms with Crippen molar-refractivity contribution in [2.45, 2.75) is 6.54 Å². The first-order valence-electron chi connectivity index (χ1n) is 6.18. The first kappa shape index (κ1) is 16.0. The number of rotatable bonds is 4. The number of hydrogen-bond donors (Lipinski definition) is 2. The topological polar surface area (TPSA) is 53.1 Å². The van der Waals surface area contributed by atoms with Crippen molar-refractivity contribution in [2.75, 3.05) is 11.9 Å². The van der Waals surface area contributed by atoms with Gasteiger partial charge in [0.2, 0.25) is 0 Å². The minimum Gasteiger partial charge on any atom is -0.384 e. The quantitative estimate of drug-likeness (QED) is 0.579. The molecule has 0 saturated heterocycles. The van der Waals surface area contributed by atoms with Gasteiger partial charge in [0, 0.05) is 23.6 Å². The van der Waals surface area contributed by atoms with Crippen LogP contribution < -0.4 is 10.6 Å². The van der Waals surface area contributed by atoms with Crippen LogP contribution in [0.15, 0.2) is 45.3 Å². The fourth-order valence-electron chi connectivity index (χ4n) is 2.04. The van der Waals surface area contributed by atoms with Crippen LogP contribution in [-0.2, 0) is 6.54 Å². The number of nitrogen functional groups attached to an aromatic ring is 1. The zero-order valence-electron chi connectivity index (χ0n) is 11.3. The second kappa shape index (κ2) is 6.58. The van der Waals surface area contributed by atoms with Crippen molar-refractivity contribution < 1.29 is 4.39 Å². The second-order valence-electron chi connectivity index (χ2n) is 4.66. The molecule has 0 radical (unpaired) electrons. The Morgan fingerprint density at radius 2 is 2.00 bits per heavy atom. The molecule has 0 aliphatic carbocycles. The highest BCUT2D eigenvalue weighted by molar-refractivity contribution is 9.10. The first-order chi connectivity index (χ1) is 9.90. The fraction of sp³-hybridized carbons (Fsp3) is 0.133. The summed E-state index contributed by atoms with van der Waals surface area (Å²) in [4.78, 5) is 1.81. The summed E-state index contributed by atoms with van der Waals surface area (Å²) in [7, 11) is 1.82. The van der Waals surface area contributed by atoms with Crippen molar-refractivity contribution in [3.8, 4) is 0 Å². The summed E-state index contributed by atoms with van der Waals surface area (Å²) in [5.41, 5.74) is 7.29. The van der Waals surface area contributed by atoms with Gasteiger partial charge in [0.05, 0.1) is 10.2 Å². The molecule has 0 atom stereocenters. The van der Waals surface area contributed by atoms with E-state index >= 15 is 0 Å². The van der Waals surface area contributed by atoms with Crippen molar-refractivity contribution in [3.63, 3.8) is 0 Å². The predicted octanol–water partition coefficient (Wildman–Crippen LogP) is 4.27. The molecule has 6 heteroatoms. The summed E-state index contributed by atoms with van der Waals surface area (Å²) in [6.45, 7) is 0.572. The molecule has 0 amide bonds. The van der Waals surface area contributed by atoms with Crippen LogP contribution in [0.4, 0.5) is 10.1 Å². The lowest BCUT2D eigenvalue weighted by Crippen LogP contribution is -2.19. The summed E-state index contributed by atoms with van der Waals surface area (Å²) in [6.07, 6.45) is 0. The van der Waals surface area contributed by atoms with Gasteiger partial charge in [-0.2, -0.15) is 0 Å². The van der Waals surface area contributed by atoms with Gasteiger partial charge >= 0.3 is 0 Å². The van der Waals surface area contributed by atoms with E-state index < -0.39 is 5.82 Å². The molecule has 21 heavy (non-hydrogen) atoms. The monoisotopic (exact) mass is 413 g/mol. The van der Waals surface area contributed by atoms with E-state index in [0.717, 1.165) is 10.0 Å². The van der Waals surface area contributed by atoms with E-state index in [4.69, 9.17) is 11.1 Å². The zero-order chi connectivity index (χ0) is 15.6. The highest BCUT2D eigenvalue weighted by Crippen LogP contribution is 2.29. The third-order valence-electron chi connectivity index (χ3n) is 3.07. The average molecular weight is 415 g/mol. The Balaban J connectivity index is 2.29. The lowest BCUT2D eigenvalue weighted by Gasteiger charge is -2.21. The number of hydrogen-bond acceptors (Lipinski definition) is 2. The molecule has 0 unspecified atom stereocenters. The van der Waals surface area contributed by atoms with Crippen LogP contribution in [0.5, 0.6) is 0 Å². The van der Waals surface area contributed by atoms with Gasteiger partial charge in [-0.1, -0.05) is 28.1 Å². The van der Waals surface area contributed by atoms with Gasteiger partial charge in [0.25, 0.3) is 0 Å². The lowest BCUT2D eigenvalue weighted by atomic mass is 10.1. The molecule has 0 spiro atoms. The van der Waals surface area contributed by atoms with Crippen LogP contribution in [0.1, 0.15) is 11.1 Å². The van der Waals surface area contributed by atoms with E-state index in [1.54, 1.807) is 12.1 Å². The highest BCUT2D eigenvalue weighted by atomic mass is 79.9. The van der Waals surface area contributed by atoms with Crippen LogP contribution in [0, 0.1) is 11.2 Å². The van der Waals surface area contributed by atoms with Crippen LogP contribution in [-0.4, -0.2) is 12.9 Å². The Hall–Kier alpha value is -1.40. The SMILES string of the molecule is CN(Cc1cccc(Br)c1)c1ccc(C(=N)N)c(Br)c1F. The fourth-order valence-corrected chi connectivity index (χ4v) is 3.03. The Bertz CT molecular complexity index is 689. The Morgan fingerprint density at radius 1 is 1.29 bits per heavy atom. The summed E-state index contributed by atoms with van der Waals surface area (Å²) in [6, 6.07) is 11.1. The normalized spacial score (nSPS) is 10.5. The van der Waals surface area contributed by atoms with E-state index in [9.17, 15) is 4.39 Å². The van der Waals surface area contributed by atoms with E-state index in [0.29, 0.717) is 17.8 Å². The number of nitrogens with one attached hydrogen (secondary N) is 1. The standard InChI is InChI=1S/C15H14Br2FN3/c1-21(8-9-3-2-4-10(16)7-9)12-6-5-11(15(19)20)13(17)14(12)18/h2-7H,8H2,1H3,(H3,19,20). The van der Waals surface area contributed by atoms with Crippen LogP contribution in [0.2, 0.25) is 0 Å². The second-order valence-corrected chi connectivity index (χ2v) is 6.37. The molecule has 0 bridgehead atoms. The summed E-state index contributed by atoms with van der Waals surface area (Å²) in [5.74, 6) is -0.581. The predicted molar refractivity (Wildman–Crippen MR) is 91.4 cm³/mol. The Labute approximate surface area is 139 Å². The van der Waals surface area contributed by atoms with Crippen molar-refractivity contribution in [3.05, 3.63) is 62.3 Å². The zero-order valence-corrected chi connectivity index (χ0v) is 14.5. The van der Waals surface area contributed by atoms with Crippen molar-refractivity contribution >= 4 is 43.4 Å². The number of benzene rings is 2. The molecule has 110 valence electrons. The Kier molecular flexibility index (Phi) is 5.00. The van der Waals surface area contributed by atoms with Gasteiger partial charge in [-0.05, 0) is 45.8 Å². The molecule has 2 aromatic rings. The molecule has 0 heterocycles. The summed E-state index contributed by atoms with van der Waals surface area (Å²) < 4.78 is 15.6. The van der Waals surface area contributed by atoms with Crippen LogP contribution in [0.25, 0.3) is 0 Å². The van der Waals surface area contributed by atoms with Crippen molar-refractivity contribution in [1.82, 2.24) is 0 Å². The Morgan fingerprint density at radius 3 is 2.62 bits per heavy atom. The lowest BCUT2D eigenvalue weighted by molar-refractivity contribution is 0.615. The van der Waals surface area contributed by atoms with E-state index in [1.807, 2.05) is 36.2 Å². The number of nitrogens with zero attached hydrogens (tertiary/aromatic N) is 1. The molecule has 0 fully saturated rings. The van der Waals surface area contributed by atoms with Gasteiger partial charge in [-0.15, -0.1) is 0 Å². The molecule has 0 aliphatic rings. The van der Waals surface area contributed by atoms with E-state index in [1.165, 1.54) is 0 Å². The summed E-state index contributed by atoms with van der Waals surface area (Å²) >= 11 is 6.59. The molecule has 3 nitrogen and oxygen atoms in total. The minimum absolute atomic E-state index is 0.165. The number of nitrogens with two attached hydrogens (primary N) is 1.